The van der Waals surface area contributed by atoms with Crippen LogP contribution >= 0.6 is 0 Å². The number of hydrogen-bond acceptors (Lipinski definition) is 7. The molecule has 2 heterocycles. The molecule has 4 aromatic rings. The van der Waals surface area contributed by atoms with E-state index in [1.807, 2.05) is 18.4 Å². The fraction of sp³-hybridized carbons (Fsp3) is 0.208. The van der Waals surface area contributed by atoms with Gasteiger partial charge in [0.1, 0.15) is 29.4 Å². The van der Waals surface area contributed by atoms with E-state index in [0.717, 1.165) is 0 Å². The van der Waals surface area contributed by atoms with E-state index in [9.17, 15) is 17.6 Å². The van der Waals surface area contributed by atoms with Crippen LogP contribution in [0.2, 0.25) is 0 Å². The van der Waals surface area contributed by atoms with Crippen LogP contribution < -0.4 is 15.2 Å². The number of ether oxygens (including phenoxy) is 1. The molecular formula is C24H24FN5O4S. The normalized spacial score (nSPS) is 11.7. The first-order valence-corrected chi connectivity index (χ1v) is 12.3. The fourth-order valence-corrected chi connectivity index (χ4v) is 4.96. The lowest BCUT2D eigenvalue weighted by atomic mass is 10.0. The standard InChI is InChI=1S/C24H24FN5O4S/c1-14(2)30-11-18(21-23(26)27-13-28-24(21)30)22(31)16-6-9-20(34-3)19(10-16)29-35(32,33)12-15-4-7-17(25)8-5-15/h4-11,13-14,29H,12H2,1-3H3,(H2,26,27,28). The van der Waals surface area contributed by atoms with Crippen molar-refractivity contribution in [1.82, 2.24) is 14.5 Å². The van der Waals surface area contributed by atoms with Crippen molar-refractivity contribution in [3.8, 4) is 5.75 Å². The summed E-state index contributed by atoms with van der Waals surface area (Å²) >= 11 is 0. The maximum absolute atomic E-state index is 13.5. The molecule has 0 unspecified atom stereocenters. The highest BCUT2D eigenvalue weighted by Crippen LogP contribution is 2.32. The Kier molecular flexibility index (Phi) is 6.44. The number of fused-ring (bicyclic) bond motifs is 1. The van der Waals surface area contributed by atoms with Crippen molar-refractivity contribution >= 4 is 38.3 Å². The quantitative estimate of drug-likeness (QED) is 0.353. The topological polar surface area (TPSA) is 129 Å². The molecule has 0 saturated heterocycles. The number of benzene rings is 2. The predicted molar refractivity (Wildman–Crippen MR) is 131 cm³/mol. The second-order valence-electron chi connectivity index (χ2n) is 8.23. The molecule has 0 aliphatic carbocycles. The first-order chi connectivity index (χ1) is 16.6. The van der Waals surface area contributed by atoms with Gasteiger partial charge >= 0.3 is 0 Å². The van der Waals surface area contributed by atoms with E-state index >= 15 is 0 Å². The zero-order valence-corrected chi connectivity index (χ0v) is 20.1. The van der Waals surface area contributed by atoms with Crippen LogP contribution in [0.25, 0.3) is 11.0 Å². The molecule has 2 aromatic carbocycles. The summed E-state index contributed by atoms with van der Waals surface area (Å²) in [7, 11) is -2.50. The number of carbonyl (C=O) groups is 1. The van der Waals surface area contributed by atoms with Gasteiger partial charge in [0.25, 0.3) is 0 Å². The number of carbonyl (C=O) groups excluding carboxylic acids is 1. The minimum absolute atomic E-state index is 0.0121. The number of hydrogen-bond donors (Lipinski definition) is 2. The highest BCUT2D eigenvalue weighted by atomic mass is 32.2. The number of nitrogens with one attached hydrogen (secondary N) is 1. The number of sulfonamides is 1. The average Bonchev–Trinajstić information content (AvgIpc) is 3.21. The molecule has 0 atom stereocenters. The van der Waals surface area contributed by atoms with Crippen molar-refractivity contribution in [2.75, 3.05) is 17.6 Å². The molecule has 3 N–H and O–H groups in total. The number of nitrogen functional groups attached to an aromatic ring is 1. The summed E-state index contributed by atoms with van der Waals surface area (Å²) < 4.78 is 48.3. The van der Waals surface area contributed by atoms with Gasteiger partial charge in [-0.15, -0.1) is 0 Å². The second-order valence-corrected chi connectivity index (χ2v) is 9.96. The van der Waals surface area contributed by atoms with Crippen LogP contribution in [0.5, 0.6) is 5.75 Å². The van der Waals surface area contributed by atoms with Crippen LogP contribution in [0, 0.1) is 5.82 Å². The van der Waals surface area contributed by atoms with E-state index in [1.54, 1.807) is 6.20 Å². The summed E-state index contributed by atoms with van der Waals surface area (Å²) in [6.45, 7) is 3.90. The summed E-state index contributed by atoms with van der Waals surface area (Å²) in [5.41, 5.74) is 7.63. The summed E-state index contributed by atoms with van der Waals surface area (Å²) in [6, 6.07) is 9.62. The van der Waals surface area contributed by atoms with E-state index in [1.165, 1.54) is 55.9 Å². The third-order valence-electron chi connectivity index (χ3n) is 5.44. The van der Waals surface area contributed by atoms with Crippen LogP contribution in [0.3, 0.4) is 0 Å². The van der Waals surface area contributed by atoms with Crippen molar-refractivity contribution in [1.29, 1.82) is 0 Å². The Morgan fingerprint density at radius 2 is 1.89 bits per heavy atom. The van der Waals surface area contributed by atoms with Gasteiger partial charge in [0.05, 0.1) is 29.5 Å². The van der Waals surface area contributed by atoms with Gasteiger partial charge in [-0.3, -0.25) is 9.52 Å². The number of nitrogens with zero attached hydrogens (tertiary/aromatic N) is 3. The molecule has 0 radical (unpaired) electrons. The Hall–Kier alpha value is -3.99. The van der Waals surface area contributed by atoms with Gasteiger partial charge < -0.3 is 15.0 Å². The molecule has 182 valence electrons. The van der Waals surface area contributed by atoms with Crippen LogP contribution in [0.15, 0.2) is 55.0 Å². The predicted octanol–water partition coefficient (Wildman–Crippen LogP) is 3.92. The monoisotopic (exact) mass is 497 g/mol. The van der Waals surface area contributed by atoms with Crippen molar-refractivity contribution in [3.05, 3.63) is 77.5 Å². The molecule has 0 fully saturated rings. The van der Waals surface area contributed by atoms with Gasteiger partial charge in [0.2, 0.25) is 10.0 Å². The molecule has 0 amide bonds. The molecule has 35 heavy (non-hydrogen) atoms. The number of ketones is 1. The lowest BCUT2D eigenvalue weighted by molar-refractivity contribution is 0.104. The van der Waals surface area contributed by atoms with Gasteiger partial charge in [-0.05, 0) is 49.7 Å². The minimum Gasteiger partial charge on any atom is -0.495 e. The SMILES string of the molecule is COc1ccc(C(=O)c2cn(C(C)C)c3ncnc(N)c23)cc1NS(=O)(=O)Cc1ccc(F)cc1. The number of halogens is 1. The lowest BCUT2D eigenvalue weighted by Gasteiger charge is -2.13. The number of nitrogens with two attached hydrogens (primary N) is 1. The van der Waals surface area contributed by atoms with E-state index < -0.39 is 15.8 Å². The van der Waals surface area contributed by atoms with Crippen LogP contribution in [0.1, 0.15) is 41.4 Å². The van der Waals surface area contributed by atoms with Crippen LogP contribution in [-0.2, 0) is 15.8 Å². The third kappa shape index (κ3) is 4.94. The molecule has 2 aromatic heterocycles. The highest BCUT2D eigenvalue weighted by Gasteiger charge is 2.23. The van der Waals surface area contributed by atoms with Gasteiger partial charge in [-0.25, -0.2) is 22.8 Å². The van der Waals surface area contributed by atoms with E-state index in [2.05, 4.69) is 14.7 Å². The zero-order chi connectivity index (χ0) is 25.3. The molecule has 4 rings (SSSR count). The number of aromatic nitrogens is 3. The summed E-state index contributed by atoms with van der Waals surface area (Å²) in [4.78, 5) is 21.8. The van der Waals surface area contributed by atoms with Crippen molar-refractivity contribution < 1.29 is 22.3 Å². The molecule has 0 aliphatic heterocycles. The maximum Gasteiger partial charge on any atom is 0.237 e. The van der Waals surface area contributed by atoms with Crippen molar-refractivity contribution in [3.63, 3.8) is 0 Å². The summed E-state index contributed by atoms with van der Waals surface area (Å²) in [6.07, 6.45) is 3.01. The number of rotatable bonds is 8. The Morgan fingerprint density at radius 1 is 1.17 bits per heavy atom. The summed E-state index contributed by atoms with van der Waals surface area (Å²) in [5.74, 6) is -0.817. The maximum atomic E-state index is 13.5. The van der Waals surface area contributed by atoms with Crippen LogP contribution in [-0.4, -0.2) is 35.8 Å². The van der Waals surface area contributed by atoms with Gasteiger partial charge in [-0.1, -0.05) is 12.1 Å². The Balaban J connectivity index is 1.71. The van der Waals surface area contributed by atoms with E-state index in [4.69, 9.17) is 10.5 Å². The Bertz CT molecular complexity index is 1520. The molecule has 9 nitrogen and oxygen atoms in total. The fourth-order valence-electron chi connectivity index (χ4n) is 3.76. The smallest absolute Gasteiger partial charge is 0.237 e. The Labute approximate surface area is 201 Å². The van der Waals surface area contributed by atoms with E-state index in [0.29, 0.717) is 22.2 Å². The average molecular weight is 498 g/mol. The molecule has 0 aliphatic rings. The largest absolute Gasteiger partial charge is 0.495 e. The molecular weight excluding hydrogens is 473 g/mol. The molecule has 0 saturated carbocycles. The number of anilines is 2. The van der Waals surface area contributed by atoms with Crippen LogP contribution in [0.4, 0.5) is 15.9 Å². The minimum atomic E-state index is -3.90. The zero-order valence-electron chi connectivity index (χ0n) is 19.3. The Morgan fingerprint density at radius 3 is 2.54 bits per heavy atom. The van der Waals surface area contributed by atoms with Gasteiger partial charge in [0.15, 0.2) is 5.78 Å². The molecule has 0 bridgehead atoms. The third-order valence-corrected chi connectivity index (χ3v) is 6.68. The van der Waals surface area contributed by atoms with Crippen molar-refractivity contribution in [2.45, 2.75) is 25.6 Å². The molecule has 11 heteroatoms. The summed E-state index contributed by atoms with van der Waals surface area (Å²) in [5, 5.41) is 0.431. The second kappa shape index (κ2) is 9.34. The van der Waals surface area contributed by atoms with Gasteiger partial charge in [-0.2, -0.15) is 0 Å². The highest BCUT2D eigenvalue weighted by molar-refractivity contribution is 7.91. The molecule has 0 spiro atoms. The van der Waals surface area contributed by atoms with E-state index in [-0.39, 0.29) is 40.4 Å². The van der Waals surface area contributed by atoms with Gasteiger partial charge in [0, 0.05) is 17.8 Å². The lowest BCUT2D eigenvalue weighted by Crippen LogP contribution is -2.16. The van der Waals surface area contributed by atoms with Crippen molar-refractivity contribution in [2.24, 2.45) is 0 Å². The first-order valence-electron chi connectivity index (χ1n) is 10.7. The first kappa shape index (κ1) is 24.1. The number of methoxy groups -OCH3 is 1.